The first-order chi connectivity index (χ1) is 62.6. The summed E-state index contributed by atoms with van der Waals surface area (Å²) in [6, 6.07) is 0. The van der Waals surface area contributed by atoms with Crippen molar-refractivity contribution >= 4 is 123 Å². The Morgan fingerprint density at radius 1 is 0.195 bits per heavy atom. The van der Waals surface area contributed by atoms with E-state index in [9.17, 15) is 101 Å². The van der Waals surface area contributed by atoms with E-state index in [0.717, 1.165) is 141 Å². The normalized spacial score (nSPS) is 10.4. The molecule has 0 bridgehead atoms. The van der Waals surface area contributed by atoms with Crippen LogP contribution < -0.4 is 74.4 Å². The molecule has 15 N–H and O–H groups in total. The molecule has 0 radical (unpaired) electrons. The van der Waals surface area contributed by atoms with Gasteiger partial charge < -0.3 is 96.7 Å². The van der Waals surface area contributed by atoms with E-state index in [4.69, 9.17) is 5.73 Å². The Labute approximate surface area is 819 Å². The zero-order chi connectivity index (χ0) is 99.1. The third-order valence-corrected chi connectivity index (χ3v) is 20.1. The van der Waals surface area contributed by atoms with Crippen LogP contribution in [0.2, 0.25) is 0 Å². The fourth-order valence-electron chi connectivity index (χ4n) is 12.4. The number of nitrogens with one attached hydrogen (secondary N) is 15. The molecule has 0 aromatic rings. The summed E-state index contributed by atoms with van der Waals surface area (Å²) in [4.78, 5) is 252. The van der Waals surface area contributed by atoms with Gasteiger partial charge in [-0.25, -0.2) is 0 Å². The molecule has 0 rings (SSSR count). The van der Waals surface area contributed by atoms with Crippen molar-refractivity contribution in [2.24, 2.45) is 0 Å². The summed E-state index contributed by atoms with van der Waals surface area (Å²) < 4.78 is 0. The summed E-state index contributed by atoms with van der Waals surface area (Å²) in [6.07, 6.45) is 26.1. The minimum atomic E-state index is -0.676. The van der Waals surface area contributed by atoms with E-state index in [1.807, 2.05) is 0 Å². The smallest absolute Gasteiger partial charge is 0.234 e. The first-order valence-corrected chi connectivity index (χ1v) is 46.9. The van der Waals surface area contributed by atoms with Crippen LogP contribution in [0.3, 0.4) is 0 Å². The molecule has 764 valence electrons. The summed E-state index contributed by atoms with van der Waals surface area (Å²) in [6.45, 7) is 9.28. The number of rotatable bonds is 80. The molecule has 0 fully saturated rings. The summed E-state index contributed by atoms with van der Waals surface area (Å²) in [7, 11) is 12.7. The van der Waals surface area contributed by atoms with Crippen molar-refractivity contribution in [1.82, 2.24) is 94.0 Å². The maximum Gasteiger partial charge on any atom is 0.234 e. The van der Waals surface area contributed by atoms with Crippen molar-refractivity contribution in [3.05, 3.63) is 12.7 Å². The van der Waals surface area contributed by atoms with Crippen LogP contribution in [0.5, 0.6) is 0 Å². The van der Waals surface area contributed by atoms with Gasteiger partial charge in [-0.15, -0.1) is 0 Å². The average molecular weight is 2230 g/mol. The molecule has 40 nitrogen and oxygen atoms in total. The molecule has 0 aliphatic carbocycles. The summed E-state index contributed by atoms with van der Waals surface area (Å²) in [5.41, 5.74) is 6.87. The fourth-order valence-corrected chi connectivity index (χ4v) is 12.4. The zero-order valence-electron chi connectivity index (χ0n) is 81.6. The van der Waals surface area contributed by atoms with Crippen LogP contribution in [0.15, 0.2) is 0 Å². The summed E-state index contributed by atoms with van der Waals surface area (Å²) in [5, 5.41) is 37.2. The molecule has 0 aliphatic rings. The summed E-state index contributed by atoms with van der Waals surface area (Å²) in [5.74, 6) is -2.94. The van der Waals surface area contributed by atoms with Crippen molar-refractivity contribution in [1.29, 1.82) is 0 Å². The van der Waals surface area contributed by atoms with Crippen LogP contribution in [0.1, 0.15) is 277 Å². The van der Waals surface area contributed by atoms with Crippen molar-refractivity contribution < 1.29 is 143 Å². The Morgan fingerprint density at radius 2 is 0.361 bits per heavy atom. The van der Waals surface area contributed by atoms with Gasteiger partial charge in [0.1, 0.15) is 28.9 Å². The van der Waals surface area contributed by atoms with E-state index in [1.54, 1.807) is 63.8 Å². The number of amides is 15. The van der Waals surface area contributed by atoms with Crippen LogP contribution in [-0.4, -0.2) is 317 Å². The van der Waals surface area contributed by atoms with E-state index in [1.165, 1.54) is 26.0 Å². The van der Waals surface area contributed by atoms with E-state index in [2.05, 4.69) is 81.4 Å². The van der Waals surface area contributed by atoms with Crippen LogP contribution in [-0.2, 0) is 143 Å². The Balaban J connectivity index is -0.000000418. The van der Waals surface area contributed by atoms with E-state index in [-0.39, 0.29) is 264 Å². The van der Waals surface area contributed by atoms with Crippen LogP contribution in [0, 0.1) is 6.92 Å². The second kappa shape index (κ2) is 94.9. The second-order valence-electron chi connectivity index (χ2n) is 32.0. The predicted octanol–water partition coefficient (Wildman–Crippen LogP) is 2.68. The van der Waals surface area contributed by atoms with Gasteiger partial charge in [-0.3, -0.25) is 111 Å². The van der Waals surface area contributed by atoms with Gasteiger partial charge in [0, 0.05) is 221 Å². The van der Waals surface area contributed by atoms with E-state index in [0.29, 0.717) is 136 Å². The van der Waals surface area contributed by atoms with Crippen LogP contribution in [0.25, 0.3) is 5.73 Å². The molecular formula is C91H165N19O21W2-2. The van der Waals surface area contributed by atoms with Gasteiger partial charge in [0.05, 0.1) is 78.5 Å². The number of hydrogen-bond acceptors (Lipinski definition) is 25. The SMILES string of the molecule is CCC(=O)CN(CC(=O)CC)CC(=O)NC.CNC(=O)CCCCCCC(=O)CN(CC(=O)NCCCCCC(=O)NC)CC(=O)NCCCCCC(=O)NC.CNC(=O)CCCNC(=O)CN(CC(=O)CCCCC([NH-])=O)CC(=O)NCCCC(=O)NC.[CH2-]C(=O)CCCCCCCC(=O)CN(CC(=O)NCCCCCCC(=O)NC)CC(=O)NCCCCCCC(=O)NC.[W].[W]. The Hall–Kier alpha value is -8.84. The number of unbranched alkanes of at least 4 members (excludes halogenated alkanes) is 18. The van der Waals surface area contributed by atoms with Gasteiger partial charge in [0.25, 0.3) is 0 Å². The Kier molecular flexibility index (Phi) is 96.3. The molecule has 0 heterocycles. The molecule has 42 heteroatoms. The largest absolute Gasteiger partial charge is 0.668 e. The third kappa shape index (κ3) is 96.1. The number of hydrogen-bond donors (Lipinski definition) is 14. The first kappa shape index (κ1) is 135. The average Bonchev–Trinajstić information content (AvgIpc) is 0.926. The monoisotopic (exact) mass is 2230 g/mol. The van der Waals surface area contributed by atoms with Crippen molar-refractivity contribution in [2.45, 2.75) is 277 Å². The van der Waals surface area contributed by atoms with Gasteiger partial charge in [-0.05, 0) is 121 Å². The molecule has 0 unspecified atom stereocenters. The molecule has 0 saturated carbocycles. The van der Waals surface area contributed by atoms with Gasteiger partial charge in [0.2, 0.25) is 82.7 Å². The van der Waals surface area contributed by atoms with E-state index < -0.39 is 5.91 Å². The van der Waals surface area contributed by atoms with Crippen LogP contribution in [0.4, 0.5) is 0 Å². The van der Waals surface area contributed by atoms with Gasteiger partial charge in [-0.1, -0.05) is 84.5 Å². The standard InChI is InChI=1S/C31H56N5O6.C28H52N6O6.C21H38N6O6.C11H20N2O3.2W/c1-26(37)17-11-5-4-6-12-18-27(38)23-36(24-30(41)34-21-15-9-7-13-19-28(39)32-2)25-31(42)35-22-16-10-8-14-20-29(40)33-3;1-29-24(36)15-9-5-4-8-14-23(35)20-34(21-27(39)32-18-12-6-10-16-25(37)30-2)22-28(40)33-19-13-7-11-17-26(38)31-3;1-23-18(30)9-5-11-25-20(32)14-27(13-16(28)7-3-4-8-17(22)29)15-21(33)26-12-6-10-19(31)24-2;1-4-9(14)6-13(7-10(15)5-2)8-11(16)12-3;;/h1,4-25H2,2-3H3,(H,32,39)(H,33,40)(H,34,41)(H,35,42);4-22H2,1-3H3,(H,29,36)(H,30,37)(H,31,38)(H,32,39)(H,33,40);3-15H2,1-2H3,(H6,22,23,24,25,26,29,30,31,32,33);4-8H2,1-3H3,(H,12,16);;/q-1;;;;;/p-1. The molecule has 0 atom stereocenters. The zero-order valence-corrected chi connectivity index (χ0v) is 87.5. The predicted molar refractivity (Wildman–Crippen MR) is 502 cm³/mol. The molecule has 0 aromatic carbocycles. The van der Waals surface area contributed by atoms with Gasteiger partial charge in [0.15, 0.2) is 0 Å². The maximum absolute atomic E-state index is 12.6. The Morgan fingerprint density at radius 3 is 0.586 bits per heavy atom. The molecule has 15 amide bonds. The first-order valence-electron chi connectivity index (χ1n) is 46.9. The fraction of sp³-hybridized carbons (Fsp3) is 0.758. The number of Topliss-reactive ketones (excluding diaryl/α,β-unsaturated/α-hetero) is 6. The number of nitrogens with zero attached hydrogens (tertiary/aromatic N) is 4. The van der Waals surface area contributed by atoms with E-state index >= 15 is 0 Å². The number of carbonyl (C=O) groups excluding carboxylic acids is 21. The molecule has 133 heavy (non-hydrogen) atoms. The second-order valence-corrected chi connectivity index (χ2v) is 32.0. The van der Waals surface area contributed by atoms with Gasteiger partial charge in [-0.2, -0.15) is 0 Å². The quantitative estimate of drug-likeness (QED) is 0.0307. The molecule has 0 aliphatic heterocycles. The summed E-state index contributed by atoms with van der Waals surface area (Å²) >= 11 is 0. The topological polar surface area (TPSA) is 564 Å². The van der Waals surface area contributed by atoms with Gasteiger partial charge >= 0.3 is 0 Å². The van der Waals surface area contributed by atoms with Crippen molar-refractivity contribution in [2.75, 3.05) is 174 Å². The molecule has 0 saturated heterocycles. The number of ketones is 6. The van der Waals surface area contributed by atoms with Crippen molar-refractivity contribution in [3.8, 4) is 0 Å². The van der Waals surface area contributed by atoms with Crippen molar-refractivity contribution in [3.63, 3.8) is 0 Å². The minimum absolute atomic E-state index is 0. The van der Waals surface area contributed by atoms with Crippen LogP contribution >= 0.6 is 0 Å². The molecule has 0 spiro atoms. The number of carbonyl (C=O) groups is 21. The minimum Gasteiger partial charge on any atom is -0.668 e. The maximum atomic E-state index is 12.6. The molecule has 0 aromatic heterocycles. The number of likely N-dealkylation sites (N-methyl/N-ethyl adjacent to an activating group) is 1. The Bertz CT molecular complexity index is 3120. The molecular weight excluding hydrogens is 2060 g/mol. The third-order valence-electron chi connectivity index (χ3n) is 20.1.